The predicted molar refractivity (Wildman–Crippen MR) is 133 cm³/mol. The third-order valence-electron chi connectivity index (χ3n) is 6.19. The van der Waals surface area contributed by atoms with Crippen molar-refractivity contribution in [1.29, 1.82) is 0 Å². The van der Waals surface area contributed by atoms with Crippen molar-refractivity contribution in [2.24, 2.45) is 0 Å². The van der Waals surface area contributed by atoms with Crippen LogP contribution in [0.3, 0.4) is 0 Å². The number of ether oxygens (including phenoxy) is 5. The van der Waals surface area contributed by atoms with Crippen LogP contribution in [0.5, 0.6) is 0 Å². The maximum atomic E-state index is 12.3. The van der Waals surface area contributed by atoms with E-state index < -0.39 is 30.1 Å². The highest BCUT2D eigenvalue weighted by Crippen LogP contribution is 2.35. The minimum Gasteiger partial charge on any atom is -0.477 e. The monoisotopic (exact) mass is 492 g/mol. The lowest BCUT2D eigenvalue weighted by molar-refractivity contribution is -0.320. The van der Waals surface area contributed by atoms with Crippen LogP contribution in [0.2, 0.25) is 0 Å². The minimum absolute atomic E-state index is 0.0275. The zero-order valence-electron chi connectivity index (χ0n) is 20.3. The van der Waals surface area contributed by atoms with Gasteiger partial charge in [0, 0.05) is 13.5 Å². The van der Waals surface area contributed by atoms with E-state index in [0.717, 1.165) is 16.7 Å². The highest BCUT2D eigenvalue weighted by Gasteiger charge is 2.53. The first-order valence-electron chi connectivity index (χ1n) is 12.0. The van der Waals surface area contributed by atoms with Crippen molar-refractivity contribution in [2.45, 2.75) is 50.3 Å². The van der Waals surface area contributed by atoms with Gasteiger partial charge in [0.2, 0.25) is 0 Å². The normalized spacial score (nSPS) is 23.9. The average Bonchev–Trinajstić information content (AvgIpc) is 2.92. The van der Waals surface area contributed by atoms with E-state index in [1.54, 1.807) is 0 Å². The van der Waals surface area contributed by atoms with Crippen LogP contribution in [0.25, 0.3) is 0 Å². The van der Waals surface area contributed by atoms with E-state index in [1.807, 2.05) is 91.0 Å². The molecule has 0 saturated carbocycles. The molecule has 0 bridgehead atoms. The van der Waals surface area contributed by atoms with Crippen LogP contribution in [0.4, 0.5) is 0 Å². The number of methoxy groups -OCH3 is 1. The molecule has 3 aromatic carbocycles. The highest BCUT2D eigenvalue weighted by molar-refractivity contribution is 5.76. The fraction of sp³-hybridized carbons (Fsp3) is 0.345. The first-order chi connectivity index (χ1) is 17.6. The van der Waals surface area contributed by atoms with Crippen molar-refractivity contribution in [1.82, 2.24) is 0 Å². The molecule has 0 amide bonds. The van der Waals surface area contributed by atoms with E-state index in [-0.39, 0.29) is 13.0 Å². The van der Waals surface area contributed by atoms with Crippen LogP contribution >= 0.6 is 0 Å². The zero-order valence-corrected chi connectivity index (χ0v) is 20.3. The molecule has 1 N–H and O–H groups in total. The molecule has 7 nitrogen and oxygen atoms in total. The van der Waals surface area contributed by atoms with Crippen molar-refractivity contribution >= 4 is 5.97 Å². The molecular formula is C29H32O7. The second kappa shape index (κ2) is 12.8. The van der Waals surface area contributed by atoms with Gasteiger partial charge in [0.1, 0.15) is 12.2 Å². The number of carboxylic acids is 1. The molecule has 36 heavy (non-hydrogen) atoms. The molecule has 0 aliphatic carbocycles. The molecule has 0 spiro atoms. The topological polar surface area (TPSA) is 83.5 Å². The largest absolute Gasteiger partial charge is 0.477 e. The summed E-state index contributed by atoms with van der Waals surface area (Å²) in [6, 6.07) is 29.3. The smallest absolute Gasteiger partial charge is 0.364 e. The number of aliphatic carboxylic acids is 1. The molecule has 1 fully saturated rings. The lowest BCUT2D eigenvalue weighted by Gasteiger charge is -2.45. The fourth-order valence-corrected chi connectivity index (χ4v) is 4.25. The summed E-state index contributed by atoms with van der Waals surface area (Å²) in [5, 5.41) is 10.0. The summed E-state index contributed by atoms with van der Waals surface area (Å²) in [5.74, 6) is -3.08. The lowest BCUT2D eigenvalue weighted by atomic mass is 9.94. The van der Waals surface area contributed by atoms with E-state index in [9.17, 15) is 9.90 Å². The van der Waals surface area contributed by atoms with Crippen LogP contribution in [0.15, 0.2) is 91.0 Å². The van der Waals surface area contributed by atoms with Gasteiger partial charge in [-0.15, -0.1) is 0 Å². The average molecular weight is 493 g/mol. The van der Waals surface area contributed by atoms with Crippen molar-refractivity contribution in [2.75, 3.05) is 13.7 Å². The van der Waals surface area contributed by atoms with E-state index in [4.69, 9.17) is 23.7 Å². The summed E-state index contributed by atoms with van der Waals surface area (Å²) in [6.45, 7) is 1.09. The van der Waals surface area contributed by atoms with Crippen LogP contribution in [-0.2, 0) is 48.3 Å². The molecular weight excluding hydrogens is 460 g/mol. The first kappa shape index (κ1) is 26.0. The van der Waals surface area contributed by atoms with Crippen molar-refractivity contribution in [3.05, 3.63) is 108 Å². The van der Waals surface area contributed by atoms with Crippen molar-refractivity contribution in [3.8, 4) is 0 Å². The van der Waals surface area contributed by atoms with Gasteiger partial charge in [0.25, 0.3) is 5.79 Å². The molecule has 7 heteroatoms. The van der Waals surface area contributed by atoms with Gasteiger partial charge in [0.05, 0.1) is 32.5 Å². The zero-order chi connectivity index (χ0) is 25.2. The predicted octanol–water partition coefficient (Wildman–Crippen LogP) is 4.59. The lowest BCUT2D eigenvalue weighted by Crippen LogP contribution is -2.61. The number of hydrogen-bond donors (Lipinski definition) is 1. The summed E-state index contributed by atoms with van der Waals surface area (Å²) in [4.78, 5) is 12.3. The molecule has 0 radical (unpaired) electrons. The van der Waals surface area contributed by atoms with Gasteiger partial charge in [-0.2, -0.15) is 0 Å². The number of carbonyl (C=O) groups is 1. The summed E-state index contributed by atoms with van der Waals surface area (Å²) in [5.41, 5.74) is 2.97. The van der Waals surface area contributed by atoms with Gasteiger partial charge in [-0.05, 0) is 16.7 Å². The highest BCUT2D eigenvalue weighted by atomic mass is 16.7. The van der Waals surface area contributed by atoms with Crippen molar-refractivity contribution < 1.29 is 33.6 Å². The van der Waals surface area contributed by atoms with Gasteiger partial charge >= 0.3 is 5.97 Å². The number of hydrogen-bond acceptors (Lipinski definition) is 6. The molecule has 1 saturated heterocycles. The Kier molecular flexibility index (Phi) is 9.22. The maximum absolute atomic E-state index is 12.3. The second-order valence-electron chi connectivity index (χ2n) is 8.72. The molecule has 0 aromatic heterocycles. The molecule has 0 unspecified atom stereocenters. The number of carboxylic acid groups (broad SMARTS) is 1. The van der Waals surface area contributed by atoms with E-state index >= 15 is 0 Å². The third kappa shape index (κ3) is 6.78. The molecule has 1 aliphatic heterocycles. The molecule has 4 rings (SSSR count). The van der Waals surface area contributed by atoms with E-state index in [1.165, 1.54) is 7.11 Å². The molecule has 1 aliphatic rings. The Hall–Kier alpha value is -3.07. The van der Waals surface area contributed by atoms with Gasteiger partial charge in [-0.3, -0.25) is 0 Å². The Bertz CT molecular complexity index is 1060. The van der Waals surface area contributed by atoms with Gasteiger partial charge in [0.15, 0.2) is 0 Å². The van der Waals surface area contributed by atoms with Gasteiger partial charge < -0.3 is 28.8 Å². The first-order valence-corrected chi connectivity index (χ1v) is 12.0. The minimum atomic E-state index is -1.87. The maximum Gasteiger partial charge on any atom is 0.364 e. The van der Waals surface area contributed by atoms with Crippen LogP contribution in [0.1, 0.15) is 23.1 Å². The Labute approximate surface area is 211 Å². The fourth-order valence-electron chi connectivity index (χ4n) is 4.25. The Morgan fingerprint density at radius 2 is 1.33 bits per heavy atom. The summed E-state index contributed by atoms with van der Waals surface area (Å²) >= 11 is 0. The third-order valence-corrected chi connectivity index (χ3v) is 6.19. The summed E-state index contributed by atoms with van der Waals surface area (Å²) in [6.07, 6.45) is -1.94. The summed E-state index contributed by atoms with van der Waals surface area (Å²) in [7, 11) is 1.33. The SMILES string of the molecule is CO[C@]1(C(=O)O)C[C@@H](OCc2ccccc2)[C@H](OCc2ccccc2)[C@@H](COCc2ccccc2)O1. The number of rotatable bonds is 12. The van der Waals surface area contributed by atoms with Gasteiger partial charge in [-0.1, -0.05) is 91.0 Å². The Morgan fingerprint density at radius 1 is 0.833 bits per heavy atom. The van der Waals surface area contributed by atoms with Crippen molar-refractivity contribution in [3.63, 3.8) is 0 Å². The molecule has 4 atom stereocenters. The van der Waals surface area contributed by atoms with Gasteiger partial charge in [-0.25, -0.2) is 4.79 Å². The summed E-state index contributed by atoms with van der Waals surface area (Å²) < 4.78 is 30.0. The van der Waals surface area contributed by atoms with Crippen LogP contribution in [0, 0.1) is 0 Å². The molecule has 3 aromatic rings. The van der Waals surface area contributed by atoms with E-state index in [2.05, 4.69) is 0 Å². The van der Waals surface area contributed by atoms with Crippen LogP contribution in [-0.4, -0.2) is 48.9 Å². The Morgan fingerprint density at radius 3 is 1.83 bits per heavy atom. The standard InChI is InChI=1S/C29H32O7/c1-32-29(28(30)31)17-25(34-19-23-13-7-3-8-14-23)27(35-20-24-15-9-4-10-16-24)26(36-29)21-33-18-22-11-5-2-6-12-22/h2-16,25-27H,17-21H2,1H3,(H,30,31)/t25-,26-,27+,29-/m1/s1. The molecule has 190 valence electrons. The van der Waals surface area contributed by atoms with E-state index in [0.29, 0.717) is 19.8 Å². The number of benzene rings is 3. The quantitative estimate of drug-likeness (QED) is 0.396. The Balaban J connectivity index is 1.54. The molecule has 1 heterocycles. The van der Waals surface area contributed by atoms with Crippen LogP contribution < -0.4 is 0 Å². The second-order valence-corrected chi connectivity index (χ2v) is 8.72.